The maximum atomic E-state index is 8.93. The molecule has 0 spiro atoms. The molecule has 0 bridgehead atoms. The van der Waals surface area contributed by atoms with Crippen molar-refractivity contribution in [1.82, 2.24) is 0 Å². The van der Waals surface area contributed by atoms with Gasteiger partial charge < -0.3 is 10.2 Å². The average Bonchev–Trinajstić information content (AvgIpc) is 2.04. The first-order chi connectivity index (χ1) is 5.74. The van der Waals surface area contributed by atoms with Crippen molar-refractivity contribution in [2.75, 3.05) is 19.8 Å². The van der Waals surface area contributed by atoms with E-state index < -0.39 is 0 Å². The Labute approximate surface area is 86.6 Å². The molecule has 0 heterocycles. The molecule has 0 aromatic rings. The van der Waals surface area contributed by atoms with E-state index in [0.29, 0.717) is 0 Å². The zero-order chi connectivity index (χ0) is 10.2. The van der Waals surface area contributed by atoms with Crippen LogP contribution in [0, 0.1) is 0 Å². The van der Waals surface area contributed by atoms with Gasteiger partial charge in [0.1, 0.15) is 0 Å². The van der Waals surface area contributed by atoms with Crippen LogP contribution in [0.5, 0.6) is 0 Å². The van der Waals surface area contributed by atoms with Gasteiger partial charge in [-0.25, -0.2) is 0 Å². The van der Waals surface area contributed by atoms with Gasteiger partial charge in [0.2, 0.25) is 0 Å². The van der Waals surface area contributed by atoms with Crippen molar-refractivity contribution in [1.29, 1.82) is 0 Å². The van der Waals surface area contributed by atoms with E-state index in [4.69, 9.17) is 15.9 Å². The molecule has 0 aliphatic heterocycles. The Morgan fingerprint density at radius 2 is 1.50 bits per heavy atom. The molecule has 3 nitrogen and oxygen atoms in total. The number of hydrogen-bond donors (Lipinski definition) is 1. The summed E-state index contributed by atoms with van der Waals surface area (Å²) in [6.07, 6.45) is 1.27. The summed E-state index contributed by atoms with van der Waals surface area (Å²) in [6, 6.07) is 0. The first-order valence-corrected chi connectivity index (χ1v) is 9.13. The molecule has 12 heavy (non-hydrogen) atoms. The predicted octanol–water partition coefficient (Wildman–Crippen LogP) is -0.761. The van der Waals surface area contributed by atoms with Crippen molar-refractivity contribution in [3.63, 3.8) is 0 Å². The number of hydrogen-bond acceptors (Lipinski definition) is 3. The number of rotatable bonds is 3. The van der Waals surface area contributed by atoms with Crippen LogP contribution in [0.4, 0.5) is 0 Å². The minimum absolute atomic E-state index is 0. The summed E-state index contributed by atoms with van der Waals surface area (Å²) in [5.41, 5.74) is 5.24. The first kappa shape index (κ1) is 18.5. The topological polar surface area (TPSA) is 72.1 Å². The molecule has 0 atom stereocenters. The maximum absolute atomic E-state index is 8.93. The minimum atomic E-state index is 0. The molecule has 0 aliphatic carbocycles. The van der Waals surface area contributed by atoms with Gasteiger partial charge in [-0.2, -0.15) is 0 Å². The van der Waals surface area contributed by atoms with Crippen LogP contribution in [0.2, 0.25) is 9.38 Å². The summed E-state index contributed by atoms with van der Waals surface area (Å²) in [4.78, 5) is 2.35. The molecule has 0 unspecified atom stereocenters. The fraction of sp³-hybridized carbons (Fsp3) is 1.00. The average molecular weight is 282 g/mol. The van der Waals surface area contributed by atoms with E-state index in [-0.39, 0.29) is 34.4 Å². The van der Waals surface area contributed by atoms with E-state index in [9.17, 15) is 0 Å². The normalized spacial score (nSPS) is 6.83. The van der Waals surface area contributed by atoms with Crippen LogP contribution >= 0.6 is 0 Å². The van der Waals surface area contributed by atoms with E-state index in [0.717, 1.165) is 6.54 Å². The summed E-state index contributed by atoms with van der Waals surface area (Å²) in [6.45, 7) is 4.04. The Kier molecular flexibility index (Phi) is 45.9. The van der Waals surface area contributed by atoms with Crippen molar-refractivity contribution < 1.29 is 10.2 Å². The molecule has 0 rings (SSSR count). The molecule has 0 aromatic heterocycles. The molecule has 0 saturated carbocycles. The third-order valence-corrected chi connectivity index (χ3v) is 3.07. The summed E-state index contributed by atoms with van der Waals surface area (Å²) < 4.78 is 1.46. The van der Waals surface area contributed by atoms with Gasteiger partial charge in [-0.15, -0.1) is 13.2 Å². The van der Waals surface area contributed by atoms with Gasteiger partial charge in [0.05, 0.1) is 0 Å². The van der Waals surface area contributed by atoms with Gasteiger partial charge in [0.25, 0.3) is 0 Å². The number of nitrogens with two attached hydrogens (primary N) is 1. The Bertz CT molecular complexity index is 42.0. The summed E-state index contributed by atoms with van der Waals surface area (Å²) in [7, 11) is 0. The van der Waals surface area contributed by atoms with Gasteiger partial charge in [0.15, 0.2) is 0 Å². The van der Waals surface area contributed by atoms with Gasteiger partial charge >= 0.3 is 49.2 Å². The van der Waals surface area contributed by atoms with E-state index >= 15 is 0 Å². The Morgan fingerprint density at radius 3 is 1.58 bits per heavy atom. The van der Waals surface area contributed by atoms with Crippen molar-refractivity contribution in [3.05, 3.63) is 0 Å². The SMILES string of the molecule is CC[O-].CC[O-].[CH3][Sn+2][CH2]CCN. The second kappa shape index (κ2) is 29.9. The second-order valence-corrected chi connectivity index (χ2v) is 5.27. The first-order valence-electron chi connectivity index (χ1n) is 4.25. The van der Waals surface area contributed by atoms with Crippen molar-refractivity contribution >= 4 is 21.1 Å². The molecule has 0 radical (unpaired) electrons. The molecular formula is C8H21NO2Sn. The van der Waals surface area contributed by atoms with Crippen molar-refractivity contribution in [3.8, 4) is 0 Å². The Hall–Kier alpha value is 0.679. The fourth-order valence-electron chi connectivity index (χ4n) is 0.279. The third kappa shape index (κ3) is 73.9. The van der Waals surface area contributed by atoms with Crippen LogP contribution in [0.1, 0.15) is 20.3 Å². The molecule has 0 aliphatic rings. The van der Waals surface area contributed by atoms with Crippen LogP contribution in [0.3, 0.4) is 0 Å². The quantitative estimate of drug-likeness (QED) is 0.546. The summed E-state index contributed by atoms with van der Waals surface area (Å²) in [5.74, 6) is 0. The molecule has 0 saturated heterocycles. The third-order valence-electron chi connectivity index (χ3n) is 0.631. The molecule has 2 N–H and O–H groups in total. The van der Waals surface area contributed by atoms with Crippen molar-refractivity contribution in [2.24, 2.45) is 5.73 Å². The molecule has 74 valence electrons. The van der Waals surface area contributed by atoms with Crippen molar-refractivity contribution in [2.45, 2.75) is 29.6 Å². The van der Waals surface area contributed by atoms with Gasteiger partial charge in [0, 0.05) is 0 Å². The van der Waals surface area contributed by atoms with Crippen LogP contribution in [-0.4, -0.2) is 40.9 Å². The zero-order valence-corrected chi connectivity index (χ0v) is 11.3. The van der Waals surface area contributed by atoms with E-state index in [2.05, 4.69) is 4.94 Å². The zero-order valence-electron chi connectivity index (χ0n) is 8.43. The van der Waals surface area contributed by atoms with Crippen LogP contribution in [0.25, 0.3) is 0 Å². The Morgan fingerprint density at radius 1 is 1.17 bits per heavy atom. The molecule has 0 amide bonds. The molecular weight excluding hydrogens is 261 g/mol. The predicted molar refractivity (Wildman–Crippen MR) is 51.2 cm³/mol. The van der Waals surface area contributed by atoms with Crippen LogP contribution < -0.4 is 15.9 Å². The van der Waals surface area contributed by atoms with E-state index in [1.807, 2.05) is 0 Å². The fourth-order valence-corrected chi connectivity index (χ4v) is 1.87. The van der Waals surface area contributed by atoms with Gasteiger partial charge in [-0.05, 0) is 0 Å². The molecule has 0 aromatic carbocycles. The monoisotopic (exact) mass is 283 g/mol. The Balaban J connectivity index is -0.000000115. The van der Waals surface area contributed by atoms with E-state index in [1.165, 1.54) is 10.9 Å². The summed E-state index contributed by atoms with van der Waals surface area (Å²) in [5, 5.41) is 17.9. The molecule has 4 heteroatoms. The van der Waals surface area contributed by atoms with E-state index in [1.54, 1.807) is 13.8 Å². The standard InChI is InChI=1S/C3H8N.2C2H5O.CH3.Sn/c1-2-3-4;2*1-2-3;;/h1-4H2;2*2H2,1H3;1H3;/q;2*-1;;+2. The molecule has 0 fully saturated rings. The van der Waals surface area contributed by atoms with Crippen LogP contribution in [0.15, 0.2) is 0 Å². The van der Waals surface area contributed by atoms with Gasteiger partial charge in [-0.1, -0.05) is 13.8 Å². The van der Waals surface area contributed by atoms with Gasteiger partial charge in [-0.3, -0.25) is 0 Å². The second-order valence-electron chi connectivity index (χ2n) is 1.82. The van der Waals surface area contributed by atoms with Crippen LogP contribution in [-0.2, 0) is 0 Å². The summed E-state index contributed by atoms with van der Waals surface area (Å²) >= 11 is 0.110.